The fraction of sp³-hybridized carbons (Fsp3) is 0.286. The first kappa shape index (κ1) is 14.5. The lowest BCUT2D eigenvalue weighted by Crippen LogP contribution is -2.28. The zero-order valence-electron chi connectivity index (χ0n) is 10.9. The van der Waals surface area contributed by atoms with Gasteiger partial charge >= 0.3 is 0 Å². The van der Waals surface area contributed by atoms with Gasteiger partial charge in [0.1, 0.15) is 5.75 Å². The summed E-state index contributed by atoms with van der Waals surface area (Å²) in [5, 5.41) is 2.09. The Labute approximate surface area is 125 Å². The summed E-state index contributed by atoms with van der Waals surface area (Å²) in [5.74, 6) is 6.56. The van der Waals surface area contributed by atoms with Crippen molar-refractivity contribution in [2.24, 2.45) is 5.84 Å². The molecule has 2 rings (SSSR count). The minimum Gasteiger partial charge on any atom is -0.491 e. The van der Waals surface area contributed by atoms with Gasteiger partial charge < -0.3 is 4.74 Å². The number of hydrogen-bond acceptors (Lipinski definition) is 4. The van der Waals surface area contributed by atoms with Gasteiger partial charge in [0.25, 0.3) is 0 Å². The maximum Gasteiger partial charge on any atom is 0.120 e. The summed E-state index contributed by atoms with van der Waals surface area (Å²) in [5.41, 5.74) is 5.09. The van der Waals surface area contributed by atoms with Gasteiger partial charge in [0.05, 0.1) is 15.9 Å². The average Bonchev–Trinajstić information content (AvgIpc) is 2.76. The van der Waals surface area contributed by atoms with E-state index in [4.69, 9.17) is 10.6 Å². The van der Waals surface area contributed by atoms with Gasteiger partial charge in [-0.1, -0.05) is 12.1 Å². The van der Waals surface area contributed by atoms with Crippen LogP contribution in [0.1, 0.15) is 31.0 Å². The lowest BCUT2D eigenvalue weighted by atomic mass is 10.0. The van der Waals surface area contributed by atoms with Crippen LogP contribution in [0.4, 0.5) is 0 Å². The van der Waals surface area contributed by atoms with Gasteiger partial charge in [0.15, 0.2) is 0 Å². The Morgan fingerprint density at radius 2 is 2.05 bits per heavy atom. The first-order chi connectivity index (χ1) is 9.10. The van der Waals surface area contributed by atoms with Gasteiger partial charge in [0.2, 0.25) is 0 Å². The molecule has 3 N–H and O–H groups in total. The fourth-order valence-electron chi connectivity index (χ4n) is 1.90. The van der Waals surface area contributed by atoms with Gasteiger partial charge in [-0.25, -0.2) is 5.43 Å². The van der Waals surface area contributed by atoms with Gasteiger partial charge in [0, 0.05) is 0 Å². The number of nitrogens with one attached hydrogen (secondary N) is 1. The first-order valence-corrected chi connectivity index (χ1v) is 7.74. The van der Waals surface area contributed by atoms with Crippen molar-refractivity contribution in [1.29, 1.82) is 0 Å². The molecule has 5 heteroatoms. The number of nitrogens with two attached hydrogens (primary N) is 1. The van der Waals surface area contributed by atoms with E-state index >= 15 is 0 Å². The average molecular weight is 341 g/mol. The predicted octanol–water partition coefficient (Wildman–Crippen LogP) is 3.85. The maximum atomic E-state index is 5.72. The van der Waals surface area contributed by atoms with Crippen LogP contribution in [0, 0.1) is 0 Å². The van der Waals surface area contributed by atoms with E-state index in [2.05, 4.69) is 32.8 Å². The summed E-state index contributed by atoms with van der Waals surface area (Å²) >= 11 is 5.12. The van der Waals surface area contributed by atoms with Crippen molar-refractivity contribution in [3.05, 3.63) is 50.6 Å². The van der Waals surface area contributed by atoms with Crippen LogP contribution < -0.4 is 16.0 Å². The van der Waals surface area contributed by atoms with Crippen molar-refractivity contribution in [1.82, 2.24) is 5.43 Å². The van der Waals surface area contributed by atoms with E-state index in [-0.39, 0.29) is 12.1 Å². The second-order valence-corrected chi connectivity index (χ2v) is 6.81. The molecule has 0 aliphatic heterocycles. The highest BCUT2D eigenvalue weighted by molar-refractivity contribution is 9.11. The largest absolute Gasteiger partial charge is 0.491 e. The molecule has 2 aromatic rings. The third-order valence-corrected chi connectivity index (χ3v) is 4.17. The second kappa shape index (κ2) is 6.52. The topological polar surface area (TPSA) is 47.3 Å². The Kier molecular flexibility index (Phi) is 4.99. The van der Waals surface area contributed by atoms with Crippen molar-refractivity contribution in [3.8, 4) is 5.75 Å². The van der Waals surface area contributed by atoms with E-state index in [9.17, 15) is 0 Å². The molecule has 1 heterocycles. The Bertz CT molecular complexity index is 542. The summed E-state index contributed by atoms with van der Waals surface area (Å²) < 4.78 is 6.81. The van der Waals surface area contributed by atoms with Crippen LogP contribution in [-0.2, 0) is 0 Å². The molecule has 0 saturated carbocycles. The highest BCUT2D eigenvalue weighted by Gasteiger charge is 2.14. The Morgan fingerprint density at radius 3 is 2.63 bits per heavy atom. The number of thiophene rings is 1. The van der Waals surface area contributed by atoms with Crippen molar-refractivity contribution in [2.75, 3.05) is 0 Å². The molecule has 102 valence electrons. The molecule has 0 amide bonds. The molecule has 19 heavy (non-hydrogen) atoms. The normalized spacial score (nSPS) is 12.7. The van der Waals surface area contributed by atoms with Crippen LogP contribution in [0.25, 0.3) is 0 Å². The van der Waals surface area contributed by atoms with E-state index in [0.29, 0.717) is 0 Å². The van der Waals surface area contributed by atoms with Gasteiger partial charge in [-0.15, -0.1) is 11.3 Å². The molecule has 0 radical (unpaired) electrons. The summed E-state index contributed by atoms with van der Waals surface area (Å²) in [6.45, 7) is 4.03. The van der Waals surface area contributed by atoms with Crippen LogP contribution in [-0.4, -0.2) is 6.10 Å². The second-order valence-electron chi connectivity index (χ2n) is 4.52. The van der Waals surface area contributed by atoms with E-state index < -0.39 is 0 Å². The number of rotatable bonds is 5. The van der Waals surface area contributed by atoms with E-state index in [0.717, 1.165) is 20.7 Å². The van der Waals surface area contributed by atoms with Gasteiger partial charge in [-0.2, -0.15) is 0 Å². The molecule has 1 aromatic carbocycles. The van der Waals surface area contributed by atoms with Gasteiger partial charge in [-0.05, 0) is 64.5 Å². The smallest absolute Gasteiger partial charge is 0.120 e. The highest BCUT2D eigenvalue weighted by Crippen LogP contribution is 2.30. The third-order valence-electron chi connectivity index (χ3n) is 2.65. The minimum atomic E-state index is -0.0294. The molecule has 0 fully saturated rings. The maximum absolute atomic E-state index is 5.72. The van der Waals surface area contributed by atoms with Crippen LogP contribution in [0.2, 0.25) is 0 Å². The lowest BCUT2D eigenvalue weighted by molar-refractivity contribution is 0.242. The van der Waals surface area contributed by atoms with Crippen LogP contribution in [0.15, 0.2) is 39.5 Å². The molecular formula is C14H17BrN2OS. The van der Waals surface area contributed by atoms with Crippen LogP contribution >= 0.6 is 27.3 Å². The zero-order chi connectivity index (χ0) is 13.8. The standard InChI is InChI=1S/C14H17BrN2OS/c1-9(2)18-12-5-3-4-10(6-12)14(17-16)11-7-13(15)19-8-11/h3-9,14,17H,16H2,1-2H3. The van der Waals surface area contributed by atoms with Gasteiger partial charge in [-0.3, -0.25) is 5.84 Å². The SMILES string of the molecule is CC(C)Oc1cccc(C(NN)c2csc(Br)c2)c1. The van der Waals surface area contributed by atoms with E-state index in [1.54, 1.807) is 11.3 Å². The number of benzene rings is 1. The van der Waals surface area contributed by atoms with E-state index in [1.807, 2.05) is 38.1 Å². The van der Waals surface area contributed by atoms with Crippen LogP contribution in [0.3, 0.4) is 0 Å². The monoisotopic (exact) mass is 340 g/mol. The molecule has 0 aliphatic rings. The Balaban J connectivity index is 2.28. The van der Waals surface area contributed by atoms with E-state index in [1.165, 1.54) is 0 Å². The first-order valence-electron chi connectivity index (χ1n) is 6.07. The molecule has 0 saturated heterocycles. The number of halogens is 1. The molecule has 0 bridgehead atoms. The molecule has 1 atom stereocenters. The summed E-state index contributed by atoms with van der Waals surface area (Å²) in [6, 6.07) is 10.1. The number of ether oxygens (including phenoxy) is 1. The zero-order valence-corrected chi connectivity index (χ0v) is 13.3. The number of hydrazine groups is 1. The fourth-order valence-corrected chi connectivity index (χ4v) is 3.10. The summed E-state index contributed by atoms with van der Waals surface area (Å²) in [6.07, 6.45) is 0.162. The molecular weight excluding hydrogens is 324 g/mol. The quantitative estimate of drug-likeness (QED) is 0.641. The lowest BCUT2D eigenvalue weighted by Gasteiger charge is -2.17. The summed E-state index contributed by atoms with van der Waals surface area (Å²) in [4.78, 5) is 0. The molecule has 1 aromatic heterocycles. The minimum absolute atomic E-state index is 0.0294. The van der Waals surface area contributed by atoms with Crippen molar-refractivity contribution in [2.45, 2.75) is 26.0 Å². The molecule has 0 aliphatic carbocycles. The van der Waals surface area contributed by atoms with Crippen molar-refractivity contribution < 1.29 is 4.74 Å². The molecule has 1 unspecified atom stereocenters. The number of hydrogen-bond donors (Lipinski definition) is 2. The highest BCUT2D eigenvalue weighted by atomic mass is 79.9. The predicted molar refractivity (Wildman–Crippen MR) is 83.4 cm³/mol. The summed E-state index contributed by atoms with van der Waals surface area (Å²) in [7, 11) is 0. The molecule has 0 spiro atoms. The molecule has 3 nitrogen and oxygen atoms in total. The van der Waals surface area contributed by atoms with Crippen molar-refractivity contribution in [3.63, 3.8) is 0 Å². The Morgan fingerprint density at radius 1 is 1.26 bits per heavy atom. The third kappa shape index (κ3) is 3.79. The Hall–Kier alpha value is -0.880. The van der Waals surface area contributed by atoms with Crippen LogP contribution in [0.5, 0.6) is 5.75 Å². The van der Waals surface area contributed by atoms with Crippen molar-refractivity contribution >= 4 is 27.3 Å².